The fourth-order valence-electron chi connectivity index (χ4n) is 4.14. The summed E-state index contributed by atoms with van der Waals surface area (Å²) in [5, 5.41) is 7.79. The summed E-state index contributed by atoms with van der Waals surface area (Å²) in [5.41, 5.74) is 4.95. The topological polar surface area (TPSA) is 50.4 Å². The molecule has 1 unspecified atom stereocenters. The second-order valence-corrected chi connectivity index (χ2v) is 8.22. The molecule has 3 aromatic rings. The van der Waals surface area contributed by atoms with Gasteiger partial charge >= 0.3 is 0 Å². The molecule has 162 valence electrons. The third-order valence-corrected chi connectivity index (χ3v) is 5.71. The number of aromatic amines is 1. The van der Waals surface area contributed by atoms with Crippen LogP contribution >= 0.6 is 0 Å². The van der Waals surface area contributed by atoms with Crippen molar-refractivity contribution in [3.05, 3.63) is 83.2 Å². The van der Waals surface area contributed by atoms with Crippen LogP contribution in [-0.2, 0) is 6.42 Å². The van der Waals surface area contributed by atoms with Crippen molar-refractivity contribution >= 4 is 6.08 Å². The Labute approximate surface area is 184 Å². The number of nitrogens with one attached hydrogen (secondary N) is 1. The molecule has 0 aliphatic carbocycles. The summed E-state index contributed by atoms with van der Waals surface area (Å²) in [7, 11) is 1.66. The Kier molecular flexibility index (Phi) is 7.05. The zero-order valence-corrected chi connectivity index (χ0v) is 18.4. The van der Waals surface area contributed by atoms with Gasteiger partial charge in [-0.2, -0.15) is 5.10 Å². The maximum atomic E-state index is 5.85. The molecule has 0 spiro atoms. The molecule has 0 bridgehead atoms. The zero-order chi connectivity index (χ0) is 21.5. The van der Waals surface area contributed by atoms with Crippen LogP contribution in [0, 0.1) is 0 Å². The average Bonchev–Trinajstić information content (AvgIpc) is 3.44. The lowest BCUT2D eigenvalue weighted by molar-refractivity contribution is 0.317. The van der Waals surface area contributed by atoms with E-state index in [1.165, 1.54) is 16.8 Å². The first-order valence-electron chi connectivity index (χ1n) is 11.0. The highest BCUT2D eigenvalue weighted by Gasteiger charge is 2.25. The minimum atomic E-state index is 0.494. The summed E-state index contributed by atoms with van der Waals surface area (Å²) in [4.78, 5) is 2.53. The summed E-state index contributed by atoms with van der Waals surface area (Å²) >= 11 is 0. The molecule has 1 N–H and O–H groups in total. The minimum absolute atomic E-state index is 0.494. The fourth-order valence-corrected chi connectivity index (χ4v) is 4.14. The van der Waals surface area contributed by atoms with Crippen LogP contribution in [-0.4, -0.2) is 48.4 Å². The van der Waals surface area contributed by atoms with E-state index in [2.05, 4.69) is 64.5 Å². The summed E-state index contributed by atoms with van der Waals surface area (Å²) < 4.78 is 11.1. The van der Waals surface area contributed by atoms with Gasteiger partial charge in [0.2, 0.25) is 0 Å². The second-order valence-electron chi connectivity index (χ2n) is 8.22. The Hall–Kier alpha value is -3.05. The van der Waals surface area contributed by atoms with Crippen LogP contribution in [0.1, 0.15) is 36.2 Å². The highest BCUT2D eigenvalue weighted by atomic mass is 16.5. The summed E-state index contributed by atoms with van der Waals surface area (Å²) in [5.74, 6) is 2.12. The molecular weight excluding hydrogens is 386 g/mol. The predicted molar refractivity (Wildman–Crippen MR) is 125 cm³/mol. The number of H-pyrrole nitrogens is 1. The van der Waals surface area contributed by atoms with Gasteiger partial charge in [-0.15, -0.1) is 0 Å². The molecule has 2 heterocycles. The molecule has 0 amide bonds. The Morgan fingerprint density at radius 3 is 2.81 bits per heavy atom. The molecule has 0 saturated carbocycles. The number of hydrogen-bond acceptors (Lipinski definition) is 4. The first kappa shape index (κ1) is 21.2. The Bertz CT molecular complexity index is 997. The van der Waals surface area contributed by atoms with Gasteiger partial charge in [-0.1, -0.05) is 48.0 Å². The lowest BCUT2D eigenvalue weighted by atomic mass is 10.0. The third kappa shape index (κ3) is 5.98. The molecule has 1 atom stereocenters. The molecular formula is C26H31N3O2. The molecule has 1 aromatic heterocycles. The number of rotatable bonds is 9. The van der Waals surface area contributed by atoms with Gasteiger partial charge < -0.3 is 9.47 Å². The van der Waals surface area contributed by atoms with E-state index in [0.29, 0.717) is 12.5 Å². The number of benzene rings is 2. The van der Waals surface area contributed by atoms with Crippen molar-refractivity contribution < 1.29 is 9.47 Å². The molecule has 31 heavy (non-hydrogen) atoms. The summed E-state index contributed by atoms with van der Waals surface area (Å²) in [6.45, 7) is 6.01. The van der Waals surface area contributed by atoms with Gasteiger partial charge in [0.15, 0.2) is 0 Å². The lowest BCUT2D eigenvalue weighted by Crippen LogP contribution is -2.22. The van der Waals surface area contributed by atoms with Crippen molar-refractivity contribution in [1.82, 2.24) is 15.1 Å². The average molecular weight is 418 g/mol. The quantitative estimate of drug-likeness (QED) is 0.536. The lowest BCUT2D eigenvalue weighted by Gasteiger charge is -2.16. The van der Waals surface area contributed by atoms with E-state index >= 15 is 0 Å². The largest absolute Gasteiger partial charge is 0.497 e. The van der Waals surface area contributed by atoms with Crippen molar-refractivity contribution in [2.24, 2.45) is 0 Å². The van der Waals surface area contributed by atoms with E-state index in [1.54, 1.807) is 7.11 Å². The fraction of sp³-hybridized carbons (Fsp3) is 0.346. The normalized spacial score (nSPS) is 17.1. The van der Waals surface area contributed by atoms with Gasteiger partial charge in [-0.3, -0.25) is 10.00 Å². The van der Waals surface area contributed by atoms with Gasteiger partial charge in [0.25, 0.3) is 0 Å². The van der Waals surface area contributed by atoms with Gasteiger partial charge in [0, 0.05) is 37.2 Å². The van der Waals surface area contributed by atoms with Crippen molar-refractivity contribution in [3.63, 3.8) is 0 Å². The van der Waals surface area contributed by atoms with Crippen LogP contribution in [0.15, 0.2) is 66.2 Å². The van der Waals surface area contributed by atoms with Crippen LogP contribution in [0.4, 0.5) is 0 Å². The number of ether oxygens (including phenoxy) is 2. The van der Waals surface area contributed by atoms with E-state index in [4.69, 9.17) is 9.47 Å². The van der Waals surface area contributed by atoms with E-state index in [9.17, 15) is 0 Å². The number of aromatic nitrogens is 2. The smallest absolute Gasteiger partial charge is 0.123 e. The van der Waals surface area contributed by atoms with Crippen LogP contribution < -0.4 is 9.47 Å². The van der Waals surface area contributed by atoms with Crippen molar-refractivity contribution in [2.45, 2.75) is 25.7 Å². The summed E-state index contributed by atoms with van der Waals surface area (Å²) in [6.07, 6.45) is 4.24. The predicted octanol–water partition coefficient (Wildman–Crippen LogP) is 4.93. The molecule has 1 aliphatic rings. The highest BCUT2D eigenvalue weighted by Crippen LogP contribution is 2.27. The Morgan fingerprint density at radius 2 is 1.97 bits per heavy atom. The molecule has 1 saturated heterocycles. The van der Waals surface area contributed by atoms with E-state index < -0.39 is 0 Å². The van der Waals surface area contributed by atoms with Crippen molar-refractivity contribution in [1.29, 1.82) is 0 Å². The van der Waals surface area contributed by atoms with Gasteiger partial charge in [-0.05, 0) is 43.7 Å². The number of likely N-dealkylation sites (tertiary alicyclic amines) is 1. The number of hydrogen-bond donors (Lipinski definition) is 1. The maximum absolute atomic E-state index is 5.85. The van der Waals surface area contributed by atoms with Gasteiger partial charge in [0.1, 0.15) is 11.5 Å². The molecule has 5 nitrogen and oxygen atoms in total. The maximum Gasteiger partial charge on any atom is 0.123 e. The first-order valence-corrected chi connectivity index (χ1v) is 11.0. The van der Waals surface area contributed by atoms with Crippen LogP contribution in [0.3, 0.4) is 0 Å². The van der Waals surface area contributed by atoms with Crippen molar-refractivity contribution in [3.8, 4) is 11.5 Å². The zero-order valence-electron chi connectivity index (χ0n) is 18.4. The van der Waals surface area contributed by atoms with E-state index in [1.807, 2.05) is 24.3 Å². The molecule has 1 aliphatic heterocycles. The van der Waals surface area contributed by atoms with E-state index in [0.717, 1.165) is 49.7 Å². The van der Waals surface area contributed by atoms with Crippen molar-refractivity contribution in [2.75, 3.05) is 33.4 Å². The van der Waals surface area contributed by atoms with Gasteiger partial charge in [-0.25, -0.2) is 0 Å². The molecule has 4 rings (SSSR count). The third-order valence-electron chi connectivity index (χ3n) is 5.71. The Morgan fingerprint density at radius 1 is 1.13 bits per heavy atom. The molecule has 5 heteroatoms. The second kappa shape index (κ2) is 10.3. The van der Waals surface area contributed by atoms with Crippen LogP contribution in [0.2, 0.25) is 0 Å². The minimum Gasteiger partial charge on any atom is -0.497 e. The summed E-state index contributed by atoms with van der Waals surface area (Å²) in [6, 6.07) is 20.4. The Balaban J connectivity index is 1.25. The van der Waals surface area contributed by atoms with Crippen LogP contribution in [0.25, 0.3) is 6.08 Å². The standard InChI is InChI=1S/C26H31N3O2/c1-20(15-21-7-4-3-5-8-21)18-29-13-11-22(19-29)26-16-23(27-28-26)12-14-31-25-10-6-9-24(17-25)30-2/h3-10,15-17,22H,11-14,18-19H2,1-2H3,(H,27,28)/b20-15+. The monoisotopic (exact) mass is 417 g/mol. The molecule has 1 fully saturated rings. The molecule has 0 radical (unpaired) electrons. The van der Waals surface area contributed by atoms with Crippen LogP contribution in [0.5, 0.6) is 11.5 Å². The number of nitrogens with zero attached hydrogens (tertiary/aromatic N) is 2. The van der Waals surface area contributed by atoms with E-state index in [-0.39, 0.29) is 0 Å². The number of methoxy groups -OCH3 is 1. The SMILES string of the molecule is COc1cccc(OCCc2cc(C3CCN(C/C(C)=C/c4ccccc4)C3)n[nH]2)c1. The highest BCUT2D eigenvalue weighted by molar-refractivity contribution is 5.52. The van der Waals surface area contributed by atoms with Gasteiger partial charge in [0.05, 0.1) is 19.4 Å². The first-order chi connectivity index (χ1) is 15.2. The molecule has 2 aromatic carbocycles.